The molecule has 3 aromatic carbocycles. The maximum Gasteiger partial charge on any atom is 0.408 e. The van der Waals surface area contributed by atoms with Crippen molar-refractivity contribution in [2.24, 2.45) is 0 Å². The zero-order valence-electron chi connectivity index (χ0n) is 28.2. The molecular formula is C39H42N6O5. The number of nitrogens with one attached hydrogen (secondary N) is 3. The monoisotopic (exact) mass is 674 g/mol. The summed E-state index contributed by atoms with van der Waals surface area (Å²) in [7, 11) is 0. The lowest BCUT2D eigenvalue weighted by Crippen LogP contribution is -2.52. The Morgan fingerprint density at radius 2 is 1.54 bits per heavy atom. The summed E-state index contributed by atoms with van der Waals surface area (Å²) in [4.78, 5) is 53.7. The first-order valence-corrected chi connectivity index (χ1v) is 16.4. The number of imidazole rings is 1. The number of H-pyrrole nitrogens is 1. The maximum absolute atomic E-state index is 14.4. The summed E-state index contributed by atoms with van der Waals surface area (Å²) in [5, 5.41) is 5.75. The Kier molecular flexibility index (Phi) is 12.3. The normalized spacial score (nSPS) is 11.6. The number of aromatic amines is 1. The molecule has 0 aliphatic rings. The van der Waals surface area contributed by atoms with E-state index in [1.165, 1.54) is 11.2 Å². The van der Waals surface area contributed by atoms with E-state index < -0.39 is 18.0 Å². The predicted octanol–water partition coefficient (Wildman–Crippen LogP) is 5.34. The van der Waals surface area contributed by atoms with E-state index in [-0.39, 0.29) is 37.4 Å². The van der Waals surface area contributed by atoms with Crippen molar-refractivity contribution in [1.29, 1.82) is 0 Å². The van der Waals surface area contributed by atoms with Crippen LogP contribution < -0.4 is 15.4 Å². The first-order valence-electron chi connectivity index (χ1n) is 16.4. The van der Waals surface area contributed by atoms with Crippen LogP contribution in [0.2, 0.25) is 0 Å². The van der Waals surface area contributed by atoms with Gasteiger partial charge in [0.05, 0.1) is 18.6 Å². The summed E-state index contributed by atoms with van der Waals surface area (Å²) in [6.07, 6.45) is 5.85. The van der Waals surface area contributed by atoms with Crippen molar-refractivity contribution in [1.82, 2.24) is 30.5 Å². The van der Waals surface area contributed by atoms with Gasteiger partial charge in [-0.1, -0.05) is 92.7 Å². The molecule has 0 unspecified atom stereocenters. The number of para-hydroxylation sites is 1. The Labute approximate surface area is 292 Å². The minimum absolute atomic E-state index is 0.0293. The predicted molar refractivity (Wildman–Crippen MR) is 189 cm³/mol. The highest BCUT2D eigenvalue weighted by Gasteiger charge is 2.30. The van der Waals surface area contributed by atoms with E-state index in [4.69, 9.17) is 9.47 Å². The lowest BCUT2D eigenvalue weighted by atomic mass is 9.84. The molecule has 50 heavy (non-hydrogen) atoms. The summed E-state index contributed by atoms with van der Waals surface area (Å²) >= 11 is 0. The van der Waals surface area contributed by atoms with Crippen LogP contribution in [0.4, 0.5) is 4.79 Å². The Morgan fingerprint density at radius 1 is 0.860 bits per heavy atom. The van der Waals surface area contributed by atoms with Crippen LogP contribution in [-0.4, -0.2) is 56.9 Å². The number of carbonyl (C=O) groups excluding carboxylic acids is 3. The molecule has 258 valence electrons. The molecule has 11 nitrogen and oxygen atoms in total. The minimum atomic E-state index is -1.08. The number of ether oxygens (including phenoxy) is 2. The number of amides is 3. The van der Waals surface area contributed by atoms with E-state index >= 15 is 0 Å². The fourth-order valence-electron chi connectivity index (χ4n) is 5.31. The number of aromatic nitrogens is 3. The Morgan fingerprint density at radius 3 is 2.26 bits per heavy atom. The maximum atomic E-state index is 14.4. The van der Waals surface area contributed by atoms with Crippen LogP contribution in [0.3, 0.4) is 0 Å². The minimum Gasteiger partial charge on any atom is -0.489 e. The number of nitrogens with zero attached hydrogens (tertiary/aromatic N) is 3. The topological polar surface area (TPSA) is 139 Å². The Hall–Kier alpha value is -5.97. The highest BCUT2D eigenvalue weighted by atomic mass is 16.5. The standard InChI is InChI=1S/C39H42N6O5/c1-39(2,32-14-7-4-8-15-32)27-42-36(46)24-45(23-31-13-9-10-16-35(31)49-25-30-17-19-40-20-18-30)37(47)34(21-33-22-41-28-43-33)44-38(48)50-26-29-11-5-3-6-12-29/h3-20,22,28,34H,21,23-27H2,1-2H3,(H,41,43)(H,42,46)(H,44,48)/t34-/m0/s1. The van der Waals surface area contributed by atoms with Crippen LogP contribution in [0, 0.1) is 0 Å². The van der Waals surface area contributed by atoms with Gasteiger partial charge in [0.25, 0.3) is 0 Å². The van der Waals surface area contributed by atoms with Gasteiger partial charge in [0.15, 0.2) is 0 Å². The Bertz CT molecular complexity index is 1800. The molecule has 5 aromatic rings. The number of hydrogen-bond acceptors (Lipinski definition) is 7. The molecule has 11 heteroatoms. The summed E-state index contributed by atoms with van der Waals surface area (Å²) in [6.45, 7) is 4.55. The van der Waals surface area contributed by atoms with Crippen LogP contribution in [0.15, 0.2) is 122 Å². The average molecular weight is 675 g/mol. The number of carbonyl (C=O) groups is 3. The molecule has 2 heterocycles. The van der Waals surface area contributed by atoms with Crippen molar-refractivity contribution in [2.75, 3.05) is 13.1 Å². The molecule has 0 saturated carbocycles. The first-order chi connectivity index (χ1) is 24.3. The van der Waals surface area contributed by atoms with Gasteiger partial charge in [0, 0.05) is 49.1 Å². The highest BCUT2D eigenvalue weighted by Crippen LogP contribution is 2.23. The summed E-state index contributed by atoms with van der Waals surface area (Å²) in [5.41, 5.74) is 3.70. The van der Waals surface area contributed by atoms with Crippen molar-refractivity contribution in [3.63, 3.8) is 0 Å². The van der Waals surface area contributed by atoms with Crippen molar-refractivity contribution < 1.29 is 23.9 Å². The van der Waals surface area contributed by atoms with E-state index in [9.17, 15) is 14.4 Å². The second kappa shape index (κ2) is 17.4. The summed E-state index contributed by atoms with van der Waals surface area (Å²) < 4.78 is 11.6. The molecule has 0 radical (unpaired) electrons. The molecule has 0 aliphatic carbocycles. The largest absolute Gasteiger partial charge is 0.489 e. The quantitative estimate of drug-likeness (QED) is 0.128. The van der Waals surface area contributed by atoms with E-state index in [1.807, 2.05) is 111 Å². The van der Waals surface area contributed by atoms with Crippen LogP contribution >= 0.6 is 0 Å². The summed E-state index contributed by atoms with van der Waals surface area (Å²) in [5.74, 6) is -0.263. The molecular weight excluding hydrogens is 632 g/mol. The van der Waals surface area contributed by atoms with Gasteiger partial charge in [-0.05, 0) is 34.9 Å². The SMILES string of the molecule is CC(C)(CNC(=O)CN(Cc1ccccc1OCc1ccncc1)C(=O)[C@H](Cc1c[nH]cn1)NC(=O)OCc1ccccc1)c1ccccc1. The molecule has 2 aromatic heterocycles. The molecule has 0 aliphatic heterocycles. The molecule has 1 atom stereocenters. The van der Waals surface area contributed by atoms with Crippen LogP contribution in [0.25, 0.3) is 0 Å². The molecule has 0 bridgehead atoms. The highest BCUT2D eigenvalue weighted by molar-refractivity contribution is 5.89. The number of alkyl carbamates (subject to hydrolysis) is 1. The molecule has 0 saturated heterocycles. The average Bonchev–Trinajstić information content (AvgIpc) is 3.66. The third-order valence-electron chi connectivity index (χ3n) is 8.18. The van der Waals surface area contributed by atoms with Crippen molar-refractivity contribution in [3.05, 3.63) is 150 Å². The van der Waals surface area contributed by atoms with Gasteiger partial charge in [-0.15, -0.1) is 0 Å². The van der Waals surface area contributed by atoms with Gasteiger partial charge in [-0.25, -0.2) is 9.78 Å². The fourth-order valence-corrected chi connectivity index (χ4v) is 5.31. The van der Waals surface area contributed by atoms with Crippen LogP contribution in [0.1, 0.15) is 41.8 Å². The second-order valence-corrected chi connectivity index (χ2v) is 12.5. The summed E-state index contributed by atoms with van der Waals surface area (Å²) in [6, 6.07) is 29.2. The van der Waals surface area contributed by atoms with Crippen molar-refractivity contribution >= 4 is 17.9 Å². The molecule has 5 rings (SSSR count). The molecule has 3 amide bonds. The smallest absolute Gasteiger partial charge is 0.408 e. The zero-order chi connectivity index (χ0) is 35.2. The van der Waals surface area contributed by atoms with Gasteiger partial charge < -0.3 is 30.0 Å². The molecule has 0 fully saturated rings. The van der Waals surface area contributed by atoms with E-state index in [0.717, 1.165) is 16.7 Å². The van der Waals surface area contributed by atoms with Gasteiger partial charge in [0.1, 0.15) is 25.0 Å². The second-order valence-electron chi connectivity index (χ2n) is 12.5. The fraction of sp³-hybridized carbons (Fsp3) is 0.256. The van der Waals surface area contributed by atoms with E-state index in [2.05, 4.69) is 25.6 Å². The molecule has 3 N–H and O–H groups in total. The molecule has 0 spiro atoms. The number of pyridine rings is 1. The van der Waals surface area contributed by atoms with Gasteiger partial charge in [-0.3, -0.25) is 14.6 Å². The zero-order valence-corrected chi connectivity index (χ0v) is 28.2. The van der Waals surface area contributed by atoms with Crippen molar-refractivity contribution in [3.8, 4) is 5.75 Å². The van der Waals surface area contributed by atoms with E-state index in [1.54, 1.807) is 18.6 Å². The first kappa shape index (κ1) is 35.3. The van der Waals surface area contributed by atoms with Gasteiger partial charge >= 0.3 is 6.09 Å². The third kappa shape index (κ3) is 10.5. The Balaban J connectivity index is 1.36. The number of hydrogen-bond donors (Lipinski definition) is 3. The van der Waals surface area contributed by atoms with Crippen molar-refractivity contribution in [2.45, 2.75) is 51.5 Å². The lowest BCUT2D eigenvalue weighted by Gasteiger charge is -2.29. The third-order valence-corrected chi connectivity index (χ3v) is 8.18. The van der Waals surface area contributed by atoms with Gasteiger partial charge in [0.2, 0.25) is 11.8 Å². The number of benzene rings is 3. The van der Waals surface area contributed by atoms with Crippen LogP contribution in [-0.2, 0) is 45.9 Å². The van der Waals surface area contributed by atoms with Gasteiger partial charge in [-0.2, -0.15) is 0 Å². The number of rotatable bonds is 16. The van der Waals surface area contributed by atoms with E-state index in [0.29, 0.717) is 30.2 Å². The lowest BCUT2D eigenvalue weighted by molar-refractivity contribution is -0.138. The van der Waals surface area contributed by atoms with Crippen LogP contribution in [0.5, 0.6) is 5.75 Å².